The maximum Gasteiger partial charge on any atom is 0.0771 e. The van der Waals surface area contributed by atoms with E-state index in [9.17, 15) is 5.11 Å². The monoisotopic (exact) mass is 225 g/mol. The summed E-state index contributed by atoms with van der Waals surface area (Å²) >= 11 is 0. The second-order valence-electron chi connectivity index (χ2n) is 5.91. The molecule has 2 fully saturated rings. The van der Waals surface area contributed by atoms with E-state index in [1.54, 1.807) is 0 Å². The van der Waals surface area contributed by atoms with E-state index in [0.717, 1.165) is 25.3 Å². The Morgan fingerprint density at radius 1 is 1.19 bits per heavy atom. The zero-order valence-electron chi connectivity index (χ0n) is 10.7. The molecule has 2 atom stereocenters. The smallest absolute Gasteiger partial charge is 0.0771 e. The van der Waals surface area contributed by atoms with Gasteiger partial charge in [-0.2, -0.15) is 0 Å². The number of aliphatic hydroxyl groups is 1. The molecular formula is C14H27NO. The summed E-state index contributed by atoms with van der Waals surface area (Å²) in [6, 6.07) is 0.715. The van der Waals surface area contributed by atoms with Gasteiger partial charge in [-0.1, -0.05) is 39.0 Å². The fourth-order valence-electron chi connectivity index (χ4n) is 3.07. The molecule has 0 aromatic rings. The van der Waals surface area contributed by atoms with Crippen molar-refractivity contribution in [2.45, 2.75) is 76.4 Å². The van der Waals surface area contributed by atoms with E-state index in [2.05, 4.69) is 12.2 Å². The lowest BCUT2D eigenvalue weighted by atomic mass is 9.94. The third kappa shape index (κ3) is 3.46. The summed E-state index contributed by atoms with van der Waals surface area (Å²) in [7, 11) is 0. The lowest BCUT2D eigenvalue weighted by Gasteiger charge is -2.27. The summed E-state index contributed by atoms with van der Waals surface area (Å²) in [4.78, 5) is 0. The summed E-state index contributed by atoms with van der Waals surface area (Å²) in [5.41, 5.74) is -0.393. The standard InChI is InChI=1S/C14H27NO/c1-2-7-12-10-13(12)15-11-14(16)8-5-3-4-6-9-14/h12-13,15-16H,2-11H2,1H3. The molecule has 0 heterocycles. The van der Waals surface area contributed by atoms with E-state index in [1.807, 2.05) is 0 Å². The highest BCUT2D eigenvalue weighted by Gasteiger charge is 2.37. The molecule has 2 heteroatoms. The predicted octanol–water partition coefficient (Wildman–Crippen LogP) is 2.85. The lowest BCUT2D eigenvalue weighted by Crippen LogP contribution is -2.41. The molecule has 2 unspecified atom stereocenters. The van der Waals surface area contributed by atoms with Crippen molar-refractivity contribution < 1.29 is 5.11 Å². The molecule has 0 saturated heterocycles. The highest BCUT2D eigenvalue weighted by Crippen LogP contribution is 2.35. The summed E-state index contributed by atoms with van der Waals surface area (Å²) in [5.74, 6) is 0.902. The fraction of sp³-hybridized carbons (Fsp3) is 1.00. The van der Waals surface area contributed by atoms with E-state index in [1.165, 1.54) is 44.9 Å². The van der Waals surface area contributed by atoms with Crippen molar-refractivity contribution in [2.24, 2.45) is 5.92 Å². The summed E-state index contributed by atoms with van der Waals surface area (Å²) in [5, 5.41) is 14.1. The number of nitrogens with one attached hydrogen (secondary N) is 1. The molecule has 2 nitrogen and oxygen atoms in total. The molecule has 0 radical (unpaired) electrons. The summed E-state index contributed by atoms with van der Waals surface area (Å²) < 4.78 is 0. The maximum absolute atomic E-state index is 10.5. The van der Waals surface area contributed by atoms with Crippen molar-refractivity contribution in [1.29, 1.82) is 0 Å². The van der Waals surface area contributed by atoms with Crippen LogP contribution in [0.2, 0.25) is 0 Å². The van der Waals surface area contributed by atoms with Crippen LogP contribution >= 0.6 is 0 Å². The topological polar surface area (TPSA) is 32.3 Å². The molecule has 0 aliphatic heterocycles. The van der Waals surface area contributed by atoms with Crippen molar-refractivity contribution in [3.05, 3.63) is 0 Å². The van der Waals surface area contributed by atoms with E-state index < -0.39 is 5.60 Å². The molecular weight excluding hydrogens is 198 g/mol. The Morgan fingerprint density at radius 2 is 1.88 bits per heavy atom. The molecule has 2 aliphatic rings. The van der Waals surface area contributed by atoms with Crippen LogP contribution in [0.25, 0.3) is 0 Å². The van der Waals surface area contributed by atoms with Crippen LogP contribution in [0.4, 0.5) is 0 Å². The van der Waals surface area contributed by atoms with Crippen molar-refractivity contribution >= 4 is 0 Å². The minimum Gasteiger partial charge on any atom is -0.389 e. The van der Waals surface area contributed by atoms with Crippen LogP contribution in [0.1, 0.15) is 64.7 Å². The Morgan fingerprint density at radius 3 is 2.50 bits per heavy atom. The minimum atomic E-state index is -0.393. The van der Waals surface area contributed by atoms with Gasteiger partial charge in [0.2, 0.25) is 0 Å². The van der Waals surface area contributed by atoms with Gasteiger partial charge in [-0.05, 0) is 31.6 Å². The zero-order valence-corrected chi connectivity index (χ0v) is 10.7. The lowest BCUT2D eigenvalue weighted by molar-refractivity contribution is 0.0246. The average molecular weight is 225 g/mol. The molecule has 0 bridgehead atoms. The Labute approximate surface area is 99.8 Å². The number of hydrogen-bond acceptors (Lipinski definition) is 2. The number of hydrogen-bond donors (Lipinski definition) is 2. The quantitative estimate of drug-likeness (QED) is 0.705. The van der Waals surface area contributed by atoms with Gasteiger partial charge in [-0.3, -0.25) is 0 Å². The molecule has 2 saturated carbocycles. The molecule has 2 rings (SSSR count). The minimum absolute atomic E-state index is 0.393. The van der Waals surface area contributed by atoms with Crippen molar-refractivity contribution in [3.8, 4) is 0 Å². The molecule has 0 spiro atoms. The Kier molecular flexibility index (Phi) is 4.26. The van der Waals surface area contributed by atoms with Crippen LogP contribution in [0.15, 0.2) is 0 Å². The normalized spacial score (nSPS) is 33.4. The van der Waals surface area contributed by atoms with Gasteiger partial charge in [-0.15, -0.1) is 0 Å². The van der Waals surface area contributed by atoms with E-state index >= 15 is 0 Å². The van der Waals surface area contributed by atoms with Gasteiger partial charge < -0.3 is 10.4 Å². The Balaban J connectivity index is 1.68. The average Bonchev–Trinajstić information content (AvgIpc) is 3.02. The highest BCUT2D eigenvalue weighted by atomic mass is 16.3. The second kappa shape index (κ2) is 5.50. The number of rotatable bonds is 5. The summed E-state index contributed by atoms with van der Waals surface area (Å²) in [6.45, 7) is 3.09. The van der Waals surface area contributed by atoms with E-state index in [0.29, 0.717) is 6.04 Å². The van der Waals surface area contributed by atoms with Gasteiger partial charge >= 0.3 is 0 Å². The molecule has 0 aromatic heterocycles. The van der Waals surface area contributed by atoms with Gasteiger partial charge in [0.1, 0.15) is 0 Å². The first-order chi connectivity index (χ1) is 7.73. The zero-order chi connectivity index (χ0) is 11.4. The van der Waals surface area contributed by atoms with Crippen LogP contribution in [0.3, 0.4) is 0 Å². The van der Waals surface area contributed by atoms with Crippen LogP contribution in [0, 0.1) is 5.92 Å². The van der Waals surface area contributed by atoms with Crippen LogP contribution < -0.4 is 5.32 Å². The van der Waals surface area contributed by atoms with E-state index in [4.69, 9.17) is 0 Å². The van der Waals surface area contributed by atoms with Gasteiger partial charge in [0.25, 0.3) is 0 Å². The third-order valence-electron chi connectivity index (χ3n) is 4.31. The molecule has 16 heavy (non-hydrogen) atoms. The van der Waals surface area contributed by atoms with Gasteiger partial charge in [-0.25, -0.2) is 0 Å². The fourth-order valence-corrected chi connectivity index (χ4v) is 3.07. The van der Waals surface area contributed by atoms with Crippen molar-refractivity contribution in [2.75, 3.05) is 6.54 Å². The predicted molar refractivity (Wildman–Crippen MR) is 67.5 cm³/mol. The van der Waals surface area contributed by atoms with Crippen molar-refractivity contribution in [3.63, 3.8) is 0 Å². The molecule has 94 valence electrons. The Hall–Kier alpha value is -0.0800. The first-order valence-electron chi connectivity index (χ1n) is 7.19. The first kappa shape index (κ1) is 12.4. The van der Waals surface area contributed by atoms with Gasteiger partial charge in [0, 0.05) is 12.6 Å². The van der Waals surface area contributed by atoms with Crippen LogP contribution in [-0.2, 0) is 0 Å². The SMILES string of the molecule is CCCC1CC1NCC1(O)CCCCCC1. The molecule has 2 N–H and O–H groups in total. The van der Waals surface area contributed by atoms with Gasteiger partial charge in [0.15, 0.2) is 0 Å². The Bertz CT molecular complexity index is 209. The first-order valence-corrected chi connectivity index (χ1v) is 7.19. The largest absolute Gasteiger partial charge is 0.389 e. The van der Waals surface area contributed by atoms with Crippen LogP contribution in [-0.4, -0.2) is 23.3 Å². The van der Waals surface area contributed by atoms with E-state index in [-0.39, 0.29) is 0 Å². The molecule has 0 aromatic carbocycles. The van der Waals surface area contributed by atoms with Gasteiger partial charge in [0.05, 0.1) is 5.60 Å². The molecule has 2 aliphatic carbocycles. The second-order valence-corrected chi connectivity index (χ2v) is 5.91. The van der Waals surface area contributed by atoms with Crippen molar-refractivity contribution in [1.82, 2.24) is 5.32 Å². The maximum atomic E-state index is 10.5. The summed E-state index contributed by atoms with van der Waals surface area (Å²) in [6.07, 6.45) is 11.0. The molecule has 0 amide bonds. The highest BCUT2D eigenvalue weighted by molar-refractivity contribution is 4.95. The third-order valence-corrected chi connectivity index (χ3v) is 4.31. The van der Waals surface area contributed by atoms with Crippen LogP contribution in [0.5, 0.6) is 0 Å².